The molecule has 0 spiro atoms. The van der Waals surface area contributed by atoms with Gasteiger partial charge in [-0.1, -0.05) is 55.9 Å². The number of hydrogen-bond acceptors (Lipinski definition) is 6. The van der Waals surface area contributed by atoms with Crippen LogP contribution in [-0.4, -0.2) is 47.7 Å². The van der Waals surface area contributed by atoms with Gasteiger partial charge in [0.1, 0.15) is 27.7 Å². The molecular weight excluding hydrogens is 522 g/mol. The van der Waals surface area contributed by atoms with Gasteiger partial charge in [-0.2, -0.15) is 10.4 Å². The van der Waals surface area contributed by atoms with E-state index in [-0.39, 0.29) is 28.5 Å². The number of benzene rings is 2. The minimum absolute atomic E-state index is 0.0155. The van der Waals surface area contributed by atoms with Gasteiger partial charge in [-0.05, 0) is 56.4 Å². The molecule has 2 atom stereocenters. The van der Waals surface area contributed by atoms with Crippen molar-refractivity contribution in [3.8, 4) is 6.19 Å². The number of halogens is 2. The number of carbonyl (C=O) groups excluding carboxylic acids is 1. The van der Waals surface area contributed by atoms with Gasteiger partial charge >= 0.3 is 0 Å². The number of thioether (sulfide) groups is 1. The van der Waals surface area contributed by atoms with E-state index in [2.05, 4.69) is 20.7 Å². The van der Waals surface area contributed by atoms with Gasteiger partial charge in [0.2, 0.25) is 5.96 Å². The Hall–Kier alpha value is -3.49. The summed E-state index contributed by atoms with van der Waals surface area (Å²) in [5.41, 5.74) is 0.767. The number of hydrazone groups is 1. The first-order valence-corrected chi connectivity index (χ1v) is 13.6. The van der Waals surface area contributed by atoms with Crippen LogP contribution in [0.3, 0.4) is 0 Å². The maximum Gasteiger partial charge on any atom is 0.273 e. The van der Waals surface area contributed by atoms with Crippen molar-refractivity contribution in [2.45, 2.75) is 57.6 Å². The van der Waals surface area contributed by atoms with Crippen LogP contribution in [0.1, 0.15) is 51.7 Å². The average Bonchev–Trinajstić information content (AvgIpc) is 3.30. The summed E-state index contributed by atoms with van der Waals surface area (Å²) < 4.78 is 35.1. The maximum atomic E-state index is 14.9. The Bertz CT molecular complexity index is 1250. The highest BCUT2D eigenvalue weighted by Crippen LogP contribution is 2.51. The second-order valence-electron chi connectivity index (χ2n) is 9.62. The third-order valence-electron chi connectivity index (χ3n) is 6.04. The SMILES string of the molecule is CN=C(NC#N)NCCCC1(c2ccccc2)SC(c2cc(F)ccc2F)=NN1C(=O)C(OC(C)C)C(C)C. The minimum Gasteiger partial charge on any atom is -0.365 e. The van der Waals surface area contributed by atoms with E-state index in [0.29, 0.717) is 25.3 Å². The molecule has 1 aliphatic heterocycles. The van der Waals surface area contributed by atoms with Gasteiger partial charge in [0.15, 0.2) is 6.19 Å². The molecule has 0 saturated carbocycles. The molecule has 0 fully saturated rings. The predicted octanol–water partition coefficient (Wildman–Crippen LogP) is 4.93. The Morgan fingerprint density at radius 1 is 1.21 bits per heavy atom. The third kappa shape index (κ3) is 7.13. The summed E-state index contributed by atoms with van der Waals surface area (Å²) in [7, 11) is 1.56. The predicted molar refractivity (Wildman–Crippen MR) is 150 cm³/mol. The number of hydrogen-bond donors (Lipinski definition) is 2. The smallest absolute Gasteiger partial charge is 0.273 e. The van der Waals surface area contributed by atoms with E-state index in [1.807, 2.05) is 64.2 Å². The number of ether oxygens (including phenoxy) is 1. The second-order valence-corrected chi connectivity index (χ2v) is 10.9. The fourth-order valence-electron chi connectivity index (χ4n) is 4.25. The number of nitrogens with zero attached hydrogens (tertiary/aromatic N) is 4. The van der Waals surface area contributed by atoms with Crippen LogP contribution >= 0.6 is 11.8 Å². The van der Waals surface area contributed by atoms with Gasteiger partial charge in [0, 0.05) is 19.2 Å². The van der Waals surface area contributed by atoms with Crippen molar-refractivity contribution in [2.24, 2.45) is 16.0 Å². The van der Waals surface area contributed by atoms with Crippen LogP contribution in [0.15, 0.2) is 58.6 Å². The van der Waals surface area contributed by atoms with Crippen LogP contribution in [0, 0.1) is 29.0 Å². The molecule has 11 heteroatoms. The molecule has 2 unspecified atom stereocenters. The third-order valence-corrected chi connectivity index (χ3v) is 7.49. The standard InChI is InChI=1S/C28H34F2N6O2S/c1-18(2)24(38-19(3)4)26(37)36-28(20-10-7-6-8-11-20,14-9-15-33-27(32-5)34-17-31)39-25(35-36)22-16-21(29)12-13-23(22)30/h6-8,10-13,16,18-19,24H,9,14-15H2,1-5H3,(H2,32,33,34). The molecule has 1 heterocycles. The van der Waals surface area contributed by atoms with Crippen LogP contribution in [0.25, 0.3) is 0 Å². The molecule has 1 aliphatic rings. The lowest BCUT2D eigenvalue weighted by Gasteiger charge is -2.38. The Labute approximate surface area is 232 Å². The number of nitriles is 1. The highest BCUT2D eigenvalue weighted by atomic mass is 32.2. The van der Waals surface area contributed by atoms with Crippen LogP contribution in [0.2, 0.25) is 0 Å². The molecule has 0 aliphatic carbocycles. The number of guanidine groups is 1. The molecule has 208 valence electrons. The van der Waals surface area contributed by atoms with Crippen molar-refractivity contribution >= 4 is 28.7 Å². The summed E-state index contributed by atoms with van der Waals surface area (Å²) in [4.78, 5) is 17.1. The lowest BCUT2D eigenvalue weighted by molar-refractivity contribution is -0.154. The lowest BCUT2D eigenvalue weighted by atomic mass is 9.98. The van der Waals surface area contributed by atoms with Gasteiger partial charge in [-0.3, -0.25) is 15.1 Å². The normalized spacial score (nSPS) is 18.2. The molecule has 0 saturated heterocycles. The molecule has 2 aromatic rings. The molecule has 2 aromatic carbocycles. The van der Waals surface area contributed by atoms with Gasteiger partial charge in [-0.15, -0.1) is 0 Å². The minimum atomic E-state index is -1.06. The Balaban J connectivity index is 2.08. The number of amides is 1. The van der Waals surface area contributed by atoms with Crippen molar-refractivity contribution in [3.05, 3.63) is 71.3 Å². The first kappa shape index (κ1) is 30.1. The number of carbonyl (C=O) groups is 1. The summed E-state index contributed by atoms with van der Waals surface area (Å²) in [6, 6.07) is 12.6. The van der Waals surface area contributed by atoms with Crippen molar-refractivity contribution in [3.63, 3.8) is 0 Å². The van der Waals surface area contributed by atoms with E-state index in [4.69, 9.17) is 10.00 Å². The summed E-state index contributed by atoms with van der Waals surface area (Å²) in [6.45, 7) is 7.94. The van der Waals surface area contributed by atoms with Crippen LogP contribution in [0.5, 0.6) is 0 Å². The molecule has 0 bridgehead atoms. The topological polar surface area (TPSA) is 102 Å². The Kier molecular flexibility index (Phi) is 10.4. The average molecular weight is 557 g/mol. The lowest BCUT2D eigenvalue weighted by Crippen LogP contribution is -2.49. The molecule has 39 heavy (non-hydrogen) atoms. The quantitative estimate of drug-likeness (QED) is 0.141. The number of rotatable bonds is 10. The van der Waals surface area contributed by atoms with Crippen molar-refractivity contribution < 1.29 is 18.3 Å². The zero-order chi connectivity index (χ0) is 28.6. The highest BCUT2D eigenvalue weighted by molar-refractivity contribution is 8.15. The Morgan fingerprint density at radius 2 is 1.92 bits per heavy atom. The van der Waals surface area contributed by atoms with Gasteiger partial charge in [0.05, 0.1) is 6.10 Å². The monoisotopic (exact) mass is 556 g/mol. The van der Waals surface area contributed by atoms with Gasteiger partial charge in [-0.25, -0.2) is 13.8 Å². The van der Waals surface area contributed by atoms with Gasteiger partial charge < -0.3 is 10.1 Å². The molecule has 0 aromatic heterocycles. The first-order valence-electron chi connectivity index (χ1n) is 12.8. The fraction of sp³-hybridized carbons (Fsp3) is 0.429. The zero-order valence-electron chi connectivity index (χ0n) is 22.7. The zero-order valence-corrected chi connectivity index (χ0v) is 23.6. The summed E-state index contributed by atoms with van der Waals surface area (Å²) in [5.74, 6) is -1.44. The van der Waals surface area contributed by atoms with Crippen LogP contribution in [0.4, 0.5) is 8.78 Å². The first-order chi connectivity index (χ1) is 18.6. The molecular formula is C28H34F2N6O2S. The van der Waals surface area contributed by atoms with E-state index in [9.17, 15) is 13.6 Å². The Morgan fingerprint density at radius 3 is 2.54 bits per heavy atom. The summed E-state index contributed by atoms with van der Waals surface area (Å²) in [6.07, 6.45) is 1.75. The van der Waals surface area contributed by atoms with E-state index in [1.54, 1.807) is 7.05 Å². The largest absolute Gasteiger partial charge is 0.365 e. The molecule has 8 nitrogen and oxygen atoms in total. The second kappa shape index (κ2) is 13.5. The number of nitrogens with one attached hydrogen (secondary N) is 2. The molecule has 1 amide bonds. The fourth-order valence-corrected chi connectivity index (χ4v) is 5.68. The maximum absolute atomic E-state index is 14.9. The molecule has 2 N–H and O–H groups in total. The van der Waals surface area contributed by atoms with Crippen molar-refractivity contribution in [1.82, 2.24) is 15.6 Å². The van der Waals surface area contributed by atoms with E-state index >= 15 is 0 Å². The molecule has 3 rings (SSSR count). The molecule has 0 radical (unpaired) electrons. The summed E-state index contributed by atoms with van der Waals surface area (Å²) >= 11 is 1.21. The van der Waals surface area contributed by atoms with Crippen molar-refractivity contribution in [1.29, 1.82) is 5.26 Å². The summed E-state index contributed by atoms with van der Waals surface area (Å²) in [5, 5.41) is 20.7. The van der Waals surface area contributed by atoms with Gasteiger partial charge in [0.25, 0.3) is 5.91 Å². The van der Waals surface area contributed by atoms with E-state index < -0.39 is 22.6 Å². The van der Waals surface area contributed by atoms with Crippen LogP contribution in [-0.2, 0) is 14.4 Å². The number of aliphatic imine (C=N–C) groups is 1. The highest BCUT2D eigenvalue weighted by Gasteiger charge is 2.50. The van der Waals surface area contributed by atoms with Crippen molar-refractivity contribution in [2.75, 3.05) is 13.6 Å². The van der Waals surface area contributed by atoms with E-state index in [0.717, 1.165) is 23.8 Å². The van der Waals surface area contributed by atoms with E-state index in [1.165, 1.54) is 16.8 Å². The van der Waals surface area contributed by atoms with Crippen LogP contribution < -0.4 is 10.6 Å².